The molecule has 0 atom stereocenters. The fraction of sp³-hybridized carbons (Fsp3) is 1.00. The van der Waals surface area contributed by atoms with Gasteiger partial charge in [0, 0.05) is 6.26 Å². The molecule has 6 nitrogen and oxygen atoms in total. The molecule has 0 radical (unpaired) electrons. The normalized spacial score (nSPS) is 10.6. The van der Waals surface area contributed by atoms with Gasteiger partial charge in [-0.3, -0.25) is 0 Å². The Morgan fingerprint density at radius 3 is 1.70 bits per heavy atom. The van der Waals surface area contributed by atoms with E-state index in [2.05, 4.69) is 5.73 Å². The Morgan fingerprint density at radius 2 is 1.70 bits per heavy atom. The minimum absolute atomic E-state index is 0.167. The molecule has 0 saturated heterocycles. The van der Waals surface area contributed by atoms with Gasteiger partial charge in [-0.05, 0) is 0 Å². The molecule has 10 heavy (non-hydrogen) atoms. The molecule has 0 amide bonds. The van der Waals surface area contributed by atoms with Crippen molar-refractivity contribution in [2.75, 3.05) is 12.8 Å². The summed E-state index contributed by atoms with van der Waals surface area (Å²) >= 11 is 0. The number of rotatable bonds is 1. The summed E-state index contributed by atoms with van der Waals surface area (Å²) in [6, 6.07) is 0. The first kappa shape index (κ1) is 12.5. The Morgan fingerprint density at radius 1 is 1.60 bits per heavy atom. The van der Waals surface area contributed by atoms with Gasteiger partial charge in [-0.2, -0.15) is 0 Å². The Labute approximate surface area is 59.0 Å². The van der Waals surface area contributed by atoms with Crippen LogP contribution >= 0.6 is 0 Å². The second kappa shape index (κ2) is 5.57. The summed E-state index contributed by atoms with van der Waals surface area (Å²) in [5, 5.41) is 15.7. The van der Waals surface area contributed by atoms with Gasteiger partial charge in [0.15, 0.2) is 0 Å². The first-order valence-corrected chi connectivity index (χ1v) is 4.15. The molecule has 64 valence electrons. The quantitative estimate of drug-likeness (QED) is 0.283. The largest absolute Gasteiger partial charge is 0.748 e. The van der Waals surface area contributed by atoms with Crippen LogP contribution in [0.25, 0.3) is 0 Å². The molecular weight excluding hydrogens is 162 g/mol. The Balaban J connectivity index is 0. The Kier molecular flexibility index (Phi) is 6.94. The monoisotopic (exact) mass is 173 g/mol. The van der Waals surface area contributed by atoms with Crippen LogP contribution in [0, 0.1) is 0 Å². The summed E-state index contributed by atoms with van der Waals surface area (Å²) in [5.41, 5.74) is 3.19. The summed E-state index contributed by atoms with van der Waals surface area (Å²) in [7, 11) is -3.92. The van der Waals surface area contributed by atoms with Crippen molar-refractivity contribution in [2.45, 2.75) is 6.29 Å². The second-order valence-corrected chi connectivity index (χ2v) is 2.88. The Hall–Kier alpha value is -0.210. The lowest BCUT2D eigenvalue weighted by Gasteiger charge is -1.90. The molecular formula is C3H11NO5S. The maximum Gasteiger partial charge on any atom is 0.202 e. The van der Waals surface area contributed by atoms with Crippen LogP contribution in [-0.2, 0) is 10.1 Å². The number of quaternary nitrogens is 1. The summed E-state index contributed by atoms with van der Waals surface area (Å²) < 4.78 is 27.2. The third-order valence-corrected chi connectivity index (χ3v) is 0.258. The van der Waals surface area contributed by atoms with E-state index >= 15 is 0 Å². The van der Waals surface area contributed by atoms with Crippen LogP contribution in [0.4, 0.5) is 0 Å². The molecule has 0 aromatic heterocycles. The lowest BCUT2D eigenvalue weighted by atomic mass is 10.7. The molecule has 0 heterocycles. The summed E-state index contributed by atoms with van der Waals surface area (Å²) in [6.07, 6.45) is -0.623. The highest BCUT2D eigenvalue weighted by atomic mass is 32.2. The van der Waals surface area contributed by atoms with Crippen LogP contribution in [0.1, 0.15) is 0 Å². The number of aliphatic hydroxyl groups excluding tert-OH is 1. The SMILES string of the molecule is CS(=O)(=O)[O-].[NH3+]CC(O)O. The topological polar surface area (TPSA) is 125 Å². The van der Waals surface area contributed by atoms with E-state index in [4.69, 9.17) is 23.2 Å². The van der Waals surface area contributed by atoms with E-state index in [0.717, 1.165) is 0 Å². The van der Waals surface area contributed by atoms with Gasteiger partial charge in [-0.15, -0.1) is 0 Å². The van der Waals surface area contributed by atoms with Gasteiger partial charge in [0.1, 0.15) is 6.54 Å². The molecule has 0 aliphatic heterocycles. The van der Waals surface area contributed by atoms with Crippen LogP contribution in [0.5, 0.6) is 0 Å². The van der Waals surface area contributed by atoms with E-state index in [1.807, 2.05) is 0 Å². The average Bonchev–Trinajstić information content (AvgIpc) is 1.61. The summed E-state index contributed by atoms with van der Waals surface area (Å²) in [4.78, 5) is 0. The molecule has 0 rings (SSSR count). The number of hydrogen-bond donors (Lipinski definition) is 3. The number of aliphatic hydroxyl groups is 2. The highest BCUT2D eigenvalue weighted by Gasteiger charge is 1.87. The third kappa shape index (κ3) is 112. The average molecular weight is 173 g/mol. The fourth-order valence-electron chi connectivity index (χ4n) is 0. The van der Waals surface area contributed by atoms with Crippen LogP contribution in [-0.4, -0.2) is 42.3 Å². The molecule has 0 aromatic rings. The molecule has 0 saturated carbocycles. The van der Waals surface area contributed by atoms with Crippen molar-refractivity contribution in [3.05, 3.63) is 0 Å². The van der Waals surface area contributed by atoms with Gasteiger partial charge in [-0.1, -0.05) is 0 Å². The maximum absolute atomic E-state index is 9.08. The number of hydrogen-bond acceptors (Lipinski definition) is 5. The minimum Gasteiger partial charge on any atom is -0.748 e. The predicted molar refractivity (Wildman–Crippen MR) is 31.6 cm³/mol. The van der Waals surface area contributed by atoms with Gasteiger partial charge < -0.3 is 20.5 Å². The molecule has 0 aliphatic rings. The van der Waals surface area contributed by atoms with Crippen LogP contribution in [0.15, 0.2) is 0 Å². The minimum atomic E-state index is -3.92. The van der Waals surface area contributed by atoms with Crippen LogP contribution < -0.4 is 5.73 Å². The maximum atomic E-state index is 9.08. The van der Waals surface area contributed by atoms with Crippen molar-refractivity contribution in [2.24, 2.45) is 0 Å². The fourth-order valence-corrected chi connectivity index (χ4v) is 0. The van der Waals surface area contributed by atoms with Crippen molar-refractivity contribution >= 4 is 10.1 Å². The van der Waals surface area contributed by atoms with Gasteiger partial charge in [0.25, 0.3) is 0 Å². The van der Waals surface area contributed by atoms with Gasteiger partial charge >= 0.3 is 0 Å². The smallest absolute Gasteiger partial charge is 0.202 e. The molecule has 0 bridgehead atoms. The predicted octanol–water partition coefficient (Wildman–Crippen LogP) is -3.30. The van der Waals surface area contributed by atoms with Gasteiger partial charge in [0.05, 0.1) is 10.1 Å². The van der Waals surface area contributed by atoms with E-state index < -0.39 is 16.4 Å². The van der Waals surface area contributed by atoms with Crippen molar-refractivity contribution < 1.29 is 28.9 Å². The van der Waals surface area contributed by atoms with Crippen LogP contribution in [0.2, 0.25) is 0 Å². The second-order valence-electron chi connectivity index (χ2n) is 1.47. The van der Waals surface area contributed by atoms with E-state index in [0.29, 0.717) is 6.26 Å². The van der Waals surface area contributed by atoms with Crippen molar-refractivity contribution in [3.63, 3.8) is 0 Å². The molecule has 7 heteroatoms. The highest BCUT2D eigenvalue weighted by Crippen LogP contribution is 1.59. The van der Waals surface area contributed by atoms with E-state index in [1.54, 1.807) is 0 Å². The van der Waals surface area contributed by atoms with Crippen LogP contribution in [0.3, 0.4) is 0 Å². The zero-order chi connectivity index (χ0) is 8.78. The molecule has 5 N–H and O–H groups in total. The van der Waals surface area contributed by atoms with Gasteiger partial charge in [-0.25, -0.2) is 8.42 Å². The standard InChI is InChI=1S/C2H7NO2.CH4O3S/c3-1-2(4)5;1-5(2,3)4/h2,4-5H,1,3H2;1H3,(H,2,3,4). The van der Waals surface area contributed by atoms with E-state index in [1.165, 1.54) is 0 Å². The van der Waals surface area contributed by atoms with E-state index in [-0.39, 0.29) is 6.54 Å². The lowest BCUT2D eigenvalue weighted by molar-refractivity contribution is -0.402. The lowest BCUT2D eigenvalue weighted by Crippen LogP contribution is -2.55. The first-order chi connectivity index (χ1) is 4.27. The molecule has 0 spiro atoms. The zero-order valence-corrected chi connectivity index (χ0v) is 6.34. The molecule has 0 aromatic carbocycles. The van der Waals surface area contributed by atoms with Gasteiger partial charge in [0.2, 0.25) is 6.29 Å². The highest BCUT2D eigenvalue weighted by molar-refractivity contribution is 7.84. The molecule has 0 unspecified atom stereocenters. The first-order valence-electron chi connectivity index (χ1n) is 2.33. The third-order valence-electron chi connectivity index (χ3n) is 0.258. The van der Waals surface area contributed by atoms with Crippen molar-refractivity contribution in [3.8, 4) is 0 Å². The molecule has 0 aliphatic carbocycles. The van der Waals surface area contributed by atoms with Crippen molar-refractivity contribution in [1.29, 1.82) is 0 Å². The molecule has 0 fully saturated rings. The Bertz CT molecular complexity index is 142. The zero-order valence-electron chi connectivity index (χ0n) is 5.52. The van der Waals surface area contributed by atoms with Crippen molar-refractivity contribution in [1.82, 2.24) is 0 Å². The van der Waals surface area contributed by atoms with E-state index in [9.17, 15) is 0 Å². The summed E-state index contributed by atoms with van der Waals surface area (Å²) in [6.45, 7) is 0.167. The summed E-state index contributed by atoms with van der Waals surface area (Å²) in [5.74, 6) is 0.